The second-order valence-electron chi connectivity index (χ2n) is 6.92. The van der Waals surface area contributed by atoms with Crippen molar-refractivity contribution in [1.82, 2.24) is 18.9 Å². The van der Waals surface area contributed by atoms with Gasteiger partial charge in [0.1, 0.15) is 5.82 Å². The van der Waals surface area contributed by atoms with Crippen molar-refractivity contribution >= 4 is 29.5 Å². The van der Waals surface area contributed by atoms with Crippen molar-refractivity contribution in [3.05, 3.63) is 73.3 Å². The molecule has 1 saturated heterocycles. The molecule has 10 heteroatoms. The lowest BCUT2D eigenvalue weighted by atomic mass is 10.1. The van der Waals surface area contributed by atoms with E-state index in [0.717, 1.165) is 10.6 Å². The minimum Gasteiger partial charge on any atom is -0.336 e. The number of hydrogen-bond acceptors (Lipinski definition) is 4. The van der Waals surface area contributed by atoms with Gasteiger partial charge in [0.2, 0.25) is 5.91 Å². The van der Waals surface area contributed by atoms with Gasteiger partial charge >= 0.3 is 5.69 Å². The maximum absolute atomic E-state index is 13.2. The van der Waals surface area contributed by atoms with Crippen molar-refractivity contribution in [1.29, 1.82) is 0 Å². The smallest absolute Gasteiger partial charge is 0.330 e. The fraction of sp³-hybridized carbons (Fsp3) is 0.300. The van der Waals surface area contributed by atoms with Crippen molar-refractivity contribution < 1.29 is 14.0 Å². The summed E-state index contributed by atoms with van der Waals surface area (Å²) in [5, 5.41) is 0.0419. The maximum Gasteiger partial charge on any atom is 0.330 e. The van der Waals surface area contributed by atoms with Crippen LogP contribution in [0.4, 0.5) is 4.39 Å². The number of hydrogen-bond donors (Lipinski definition) is 0. The number of amides is 2. The Morgan fingerprint density at radius 2 is 1.70 bits per heavy atom. The van der Waals surface area contributed by atoms with E-state index in [1.807, 2.05) is 0 Å². The predicted octanol–water partition coefficient (Wildman–Crippen LogP) is 0.874. The average molecular weight is 435 g/mol. The molecule has 158 valence electrons. The predicted molar refractivity (Wildman–Crippen MR) is 110 cm³/mol. The topological polar surface area (TPSA) is 84.6 Å². The average Bonchev–Trinajstić information content (AvgIpc) is 2.73. The Hall–Kier alpha value is -3.20. The molecular weight excluding hydrogens is 415 g/mol. The highest BCUT2D eigenvalue weighted by Gasteiger charge is 2.25. The van der Waals surface area contributed by atoms with Crippen molar-refractivity contribution in [2.45, 2.75) is 0 Å². The molecule has 1 aliphatic heterocycles. The van der Waals surface area contributed by atoms with Crippen LogP contribution in [0, 0.1) is 5.82 Å². The Morgan fingerprint density at radius 1 is 1.07 bits per heavy atom. The molecular formula is C20H20ClFN4O4. The van der Waals surface area contributed by atoms with Gasteiger partial charge in [-0.15, -0.1) is 0 Å². The number of aromatic nitrogens is 2. The normalized spacial score (nSPS) is 14.4. The van der Waals surface area contributed by atoms with Gasteiger partial charge in [0.15, 0.2) is 0 Å². The van der Waals surface area contributed by atoms with E-state index in [-0.39, 0.29) is 28.0 Å². The molecule has 0 bridgehead atoms. The van der Waals surface area contributed by atoms with Crippen molar-refractivity contribution in [3.8, 4) is 0 Å². The molecule has 8 nitrogen and oxygen atoms in total. The fourth-order valence-corrected chi connectivity index (χ4v) is 3.43. The highest BCUT2D eigenvalue weighted by molar-refractivity contribution is 6.33. The number of carbonyl (C=O) groups is 2. The van der Waals surface area contributed by atoms with Crippen molar-refractivity contribution in [2.24, 2.45) is 14.1 Å². The van der Waals surface area contributed by atoms with E-state index in [4.69, 9.17) is 11.6 Å². The molecule has 0 N–H and O–H groups in total. The zero-order valence-electron chi connectivity index (χ0n) is 16.5. The van der Waals surface area contributed by atoms with Crippen LogP contribution >= 0.6 is 11.6 Å². The monoisotopic (exact) mass is 434 g/mol. The Bertz CT molecular complexity index is 1150. The third kappa shape index (κ3) is 4.35. The molecule has 0 unspecified atom stereocenters. The van der Waals surface area contributed by atoms with E-state index < -0.39 is 17.1 Å². The lowest BCUT2D eigenvalue weighted by molar-refractivity contribution is -0.127. The number of halogens is 2. The molecule has 1 aromatic heterocycles. The van der Waals surface area contributed by atoms with Crippen LogP contribution in [-0.2, 0) is 18.9 Å². The number of carbonyl (C=O) groups excluding carboxylic acids is 2. The van der Waals surface area contributed by atoms with Crippen LogP contribution in [0.15, 0.2) is 40.1 Å². The Kier molecular flexibility index (Phi) is 6.21. The van der Waals surface area contributed by atoms with Crippen molar-refractivity contribution in [2.75, 3.05) is 26.2 Å². The second kappa shape index (κ2) is 8.66. The zero-order chi connectivity index (χ0) is 22.0. The van der Waals surface area contributed by atoms with Gasteiger partial charge in [0, 0.05) is 52.5 Å². The first-order chi connectivity index (χ1) is 14.2. The molecule has 0 radical (unpaired) electrons. The van der Waals surface area contributed by atoms with Crippen LogP contribution in [0.3, 0.4) is 0 Å². The van der Waals surface area contributed by atoms with Gasteiger partial charge in [-0.05, 0) is 24.3 Å². The fourth-order valence-electron chi connectivity index (χ4n) is 3.18. The summed E-state index contributed by atoms with van der Waals surface area (Å²) in [7, 11) is 2.89. The van der Waals surface area contributed by atoms with Crippen LogP contribution in [-0.4, -0.2) is 56.9 Å². The van der Waals surface area contributed by atoms with E-state index in [9.17, 15) is 23.6 Å². The van der Waals surface area contributed by atoms with Gasteiger partial charge in [0.05, 0.1) is 16.1 Å². The summed E-state index contributed by atoms with van der Waals surface area (Å²) in [4.78, 5) is 52.0. The Labute approximate surface area is 176 Å². The zero-order valence-corrected chi connectivity index (χ0v) is 17.2. The van der Waals surface area contributed by atoms with E-state index in [1.165, 1.54) is 49.1 Å². The Balaban J connectivity index is 1.64. The van der Waals surface area contributed by atoms with Gasteiger partial charge in [0.25, 0.3) is 11.5 Å². The highest BCUT2D eigenvalue weighted by Crippen LogP contribution is 2.20. The minimum atomic E-state index is -0.521. The van der Waals surface area contributed by atoms with Gasteiger partial charge in [-0.2, -0.15) is 0 Å². The molecule has 3 rings (SSSR count). The van der Waals surface area contributed by atoms with E-state index in [0.29, 0.717) is 26.2 Å². The molecule has 0 aliphatic carbocycles. The first-order valence-electron chi connectivity index (χ1n) is 9.17. The molecule has 30 heavy (non-hydrogen) atoms. The number of benzene rings is 1. The summed E-state index contributed by atoms with van der Waals surface area (Å²) in [6.45, 7) is 1.21. The number of aryl methyl sites for hydroxylation is 1. The lowest BCUT2D eigenvalue weighted by Gasteiger charge is -2.34. The van der Waals surface area contributed by atoms with Gasteiger partial charge < -0.3 is 14.4 Å². The third-order valence-corrected chi connectivity index (χ3v) is 5.23. The summed E-state index contributed by atoms with van der Waals surface area (Å²) in [5.41, 5.74) is -0.518. The molecule has 2 heterocycles. The van der Waals surface area contributed by atoms with Crippen molar-refractivity contribution in [3.63, 3.8) is 0 Å². The lowest BCUT2D eigenvalue weighted by Crippen LogP contribution is -2.50. The quantitative estimate of drug-likeness (QED) is 0.671. The summed E-state index contributed by atoms with van der Waals surface area (Å²) < 4.78 is 15.4. The van der Waals surface area contributed by atoms with Crippen LogP contribution < -0.4 is 11.2 Å². The first-order valence-corrected chi connectivity index (χ1v) is 9.55. The summed E-state index contributed by atoms with van der Waals surface area (Å²) in [6, 6.07) is 3.60. The molecule has 2 amide bonds. The first kappa shape index (κ1) is 21.5. The number of piperazine rings is 1. The number of rotatable bonds is 3. The van der Waals surface area contributed by atoms with E-state index in [1.54, 1.807) is 9.80 Å². The van der Waals surface area contributed by atoms with E-state index >= 15 is 0 Å². The molecule has 0 saturated carbocycles. The third-order valence-electron chi connectivity index (χ3n) is 4.92. The second-order valence-corrected chi connectivity index (χ2v) is 7.32. The molecule has 1 aromatic carbocycles. The molecule has 0 spiro atoms. The minimum absolute atomic E-state index is 0.0419. The SMILES string of the molecule is Cn1cc(/C=C/C(=O)N2CCN(C(=O)c3ccc(F)cc3Cl)CC2)c(=O)n(C)c1=O. The standard InChI is InChI=1S/C20H20ClFN4O4/c1-23-12-13(18(28)24(2)20(23)30)3-6-17(27)25-7-9-26(10-8-25)19(29)15-5-4-14(22)11-16(15)21/h3-6,11-12H,7-10H2,1-2H3/b6-3+. The molecule has 2 aromatic rings. The highest BCUT2D eigenvalue weighted by atomic mass is 35.5. The number of nitrogens with zero attached hydrogens (tertiary/aromatic N) is 4. The van der Waals surface area contributed by atoms with Gasteiger partial charge in [-0.1, -0.05) is 11.6 Å². The van der Waals surface area contributed by atoms with Crippen LogP contribution in [0.1, 0.15) is 15.9 Å². The largest absolute Gasteiger partial charge is 0.336 e. The van der Waals surface area contributed by atoms with Gasteiger partial charge in [-0.25, -0.2) is 9.18 Å². The van der Waals surface area contributed by atoms with E-state index in [2.05, 4.69) is 0 Å². The summed E-state index contributed by atoms with van der Waals surface area (Å²) in [5.74, 6) is -1.15. The van der Waals surface area contributed by atoms with Crippen LogP contribution in [0.2, 0.25) is 5.02 Å². The maximum atomic E-state index is 13.2. The molecule has 0 atom stereocenters. The molecule has 1 fully saturated rings. The summed E-state index contributed by atoms with van der Waals surface area (Å²) >= 11 is 5.96. The Morgan fingerprint density at radius 3 is 2.33 bits per heavy atom. The van der Waals surface area contributed by atoms with Crippen LogP contribution in [0.25, 0.3) is 6.08 Å². The van der Waals surface area contributed by atoms with Gasteiger partial charge in [-0.3, -0.25) is 19.0 Å². The van der Waals surface area contributed by atoms with Crippen LogP contribution in [0.5, 0.6) is 0 Å². The molecule has 1 aliphatic rings. The summed E-state index contributed by atoms with van der Waals surface area (Å²) in [6.07, 6.45) is 4.02.